The molecule has 0 aliphatic rings. The van der Waals surface area contributed by atoms with Gasteiger partial charge in [-0.15, -0.1) is 0 Å². The number of hydrogen-bond donors (Lipinski definition) is 3. The van der Waals surface area contributed by atoms with Gasteiger partial charge < -0.3 is 15.6 Å². The lowest BCUT2D eigenvalue weighted by atomic mass is 10.2. The Kier molecular flexibility index (Phi) is 3.85. The first-order valence-electron chi connectivity index (χ1n) is 7.29. The zero-order valence-electron chi connectivity index (χ0n) is 12.9. The molecule has 0 saturated heterocycles. The van der Waals surface area contributed by atoms with Crippen molar-refractivity contribution < 1.29 is 9.59 Å². The highest BCUT2D eigenvalue weighted by Gasteiger charge is 2.10. The average molecular weight is 307 g/mol. The highest BCUT2D eigenvalue weighted by molar-refractivity contribution is 6.06. The van der Waals surface area contributed by atoms with E-state index in [1.54, 1.807) is 24.3 Å². The van der Waals surface area contributed by atoms with Crippen molar-refractivity contribution in [3.8, 4) is 0 Å². The topological polar surface area (TPSA) is 74.0 Å². The van der Waals surface area contributed by atoms with Gasteiger partial charge in [0, 0.05) is 29.2 Å². The van der Waals surface area contributed by atoms with Gasteiger partial charge in [-0.05, 0) is 49.4 Å². The standard InChI is InChI=1S/C18H17N3O2/c1-11-3-8-16-13(9-11)10-17(21-16)18(23)20-15-6-4-14(5-7-15)19-12(2)22/h3-10,21H,1-2H3,(H,19,22)(H,20,23). The van der Waals surface area contributed by atoms with Crippen molar-refractivity contribution in [2.24, 2.45) is 0 Å². The van der Waals surface area contributed by atoms with E-state index in [1.807, 2.05) is 31.2 Å². The summed E-state index contributed by atoms with van der Waals surface area (Å²) in [4.78, 5) is 26.4. The number of carbonyl (C=O) groups excluding carboxylic acids is 2. The Morgan fingerprint density at radius 1 is 0.913 bits per heavy atom. The van der Waals surface area contributed by atoms with Gasteiger partial charge in [-0.25, -0.2) is 0 Å². The first kappa shape index (κ1) is 14.8. The van der Waals surface area contributed by atoms with Gasteiger partial charge in [-0.2, -0.15) is 0 Å². The van der Waals surface area contributed by atoms with Gasteiger partial charge in [0.1, 0.15) is 5.69 Å². The molecule has 116 valence electrons. The molecule has 2 amide bonds. The van der Waals surface area contributed by atoms with Crippen LogP contribution in [0.2, 0.25) is 0 Å². The van der Waals surface area contributed by atoms with Gasteiger partial charge >= 0.3 is 0 Å². The number of aryl methyl sites for hydroxylation is 1. The Morgan fingerprint density at radius 2 is 1.57 bits per heavy atom. The second-order valence-electron chi connectivity index (χ2n) is 5.49. The fourth-order valence-electron chi connectivity index (χ4n) is 2.41. The van der Waals surface area contributed by atoms with Crippen molar-refractivity contribution in [3.63, 3.8) is 0 Å². The molecule has 1 aromatic heterocycles. The first-order chi connectivity index (χ1) is 11.0. The SMILES string of the molecule is CC(=O)Nc1ccc(NC(=O)c2cc3cc(C)ccc3[nH]2)cc1. The summed E-state index contributed by atoms with van der Waals surface area (Å²) in [6.07, 6.45) is 0. The highest BCUT2D eigenvalue weighted by atomic mass is 16.2. The second kappa shape index (κ2) is 5.96. The minimum absolute atomic E-state index is 0.129. The van der Waals surface area contributed by atoms with Crippen LogP contribution in [0.5, 0.6) is 0 Å². The molecule has 5 heteroatoms. The monoisotopic (exact) mass is 307 g/mol. The number of carbonyl (C=O) groups is 2. The van der Waals surface area contributed by atoms with Crippen LogP contribution >= 0.6 is 0 Å². The molecule has 3 aromatic rings. The fourth-order valence-corrected chi connectivity index (χ4v) is 2.41. The number of aromatic amines is 1. The quantitative estimate of drug-likeness (QED) is 0.690. The van der Waals surface area contributed by atoms with Crippen LogP contribution in [0, 0.1) is 6.92 Å². The van der Waals surface area contributed by atoms with Gasteiger partial charge in [-0.3, -0.25) is 9.59 Å². The van der Waals surface area contributed by atoms with Crippen molar-refractivity contribution in [1.82, 2.24) is 4.98 Å². The summed E-state index contributed by atoms with van der Waals surface area (Å²) in [7, 11) is 0. The Bertz CT molecular complexity index is 879. The number of hydrogen-bond acceptors (Lipinski definition) is 2. The lowest BCUT2D eigenvalue weighted by Gasteiger charge is -2.06. The summed E-state index contributed by atoms with van der Waals surface area (Å²) < 4.78 is 0. The largest absolute Gasteiger partial charge is 0.351 e. The lowest BCUT2D eigenvalue weighted by molar-refractivity contribution is -0.114. The zero-order chi connectivity index (χ0) is 16.4. The number of anilines is 2. The van der Waals surface area contributed by atoms with Crippen LogP contribution in [0.4, 0.5) is 11.4 Å². The fraction of sp³-hybridized carbons (Fsp3) is 0.111. The molecule has 0 aliphatic carbocycles. The van der Waals surface area contributed by atoms with Crippen molar-refractivity contribution in [2.75, 3.05) is 10.6 Å². The number of aromatic nitrogens is 1. The molecular weight excluding hydrogens is 290 g/mol. The molecule has 0 bridgehead atoms. The molecule has 5 nitrogen and oxygen atoms in total. The lowest BCUT2D eigenvalue weighted by Crippen LogP contribution is -2.12. The van der Waals surface area contributed by atoms with Crippen LogP contribution in [0.1, 0.15) is 23.0 Å². The molecular formula is C18H17N3O2. The van der Waals surface area contributed by atoms with Crippen molar-refractivity contribution in [1.29, 1.82) is 0 Å². The van der Waals surface area contributed by atoms with E-state index < -0.39 is 0 Å². The van der Waals surface area contributed by atoms with E-state index >= 15 is 0 Å². The maximum absolute atomic E-state index is 12.3. The van der Waals surface area contributed by atoms with Crippen molar-refractivity contribution in [3.05, 3.63) is 59.8 Å². The summed E-state index contributed by atoms with van der Waals surface area (Å²) in [5.41, 5.74) is 3.95. The smallest absolute Gasteiger partial charge is 0.272 e. The predicted octanol–water partition coefficient (Wildman–Crippen LogP) is 3.69. The van der Waals surface area contributed by atoms with Crippen molar-refractivity contribution >= 4 is 34.1 Å². The molecule has 0 radical (unpaired) electrons. The molecule has 0 spiro atoms. The maximum Gasteiger partial charge on any atom is 0.272 e. The van der Waals surface area contributed by atoms with Crippen LogP contribution in [0.3, 0.4) is 0 Å². The molecule has 0 atom stereocenters. The molecule has 3 N–H and O–H groups in total. The van der Waals surface area contributed by atoms with E-state index in [1.165, 1.54) is 6.92 Å². The number of fused-ring (bicyclic) bond motifs is 1. The Hall–Kier alpha value is -3.08. The minimum Gasteiger partial charge on any atom is -0.351 e. The molecule has 3 rings (SSSR count). The Balaban J connectivity index is 1.76. The first-order valence-corrected chi connectivity index (χ1v) is 7.29. The molecule has 0 unspecified atom stereocenters. The van der Waals surface area contributed by atoms with E-state index in [-0.39, 0.29) is 11.8 Å². The normalized spacial score (nSPS) is 10.5. The van der Waals surface area contributed by atoms with E-state index in [0.717, 1.165) is 16.5 Å². The van der Waals surface area contributed by atoms with E-state index in [4.69, 9.17) is 0 Å². The summed E-state index contributed by atoms with van der Waals surface area (Å²) in [6.45, 7) is 3.47. The van der Waals surface area contributed by atoms with Crippen LogP contribution in [-0.2, 0) is 4.79 Å². The number of H-pyrrole nitrogens is 1. The van der Waals surface area contributed by atoms with Crippen LogP contribution in [0.25, 0.3) is 10.9 Å². The van der Waals surface area contributed by atoms with Gasteiger partial charge in [0.05, 0.1) is 0 Å². The third kappa shape index (κ3) is 3.40. The summed E-state index contributed by atoms with van der Waals surface area (Å²) in [6, 6.07) is 14.8. The van der Waals surface area contributed by atoms with Gasteiger partial charge in [0.15, 0.2) is 0 Å². The van der Waals surface area contributed by atoms with E-state index in [2.05, 4.69) is 15.6 Å². The minimum atomic E-state index is -0.203. The average Bonchev–Trinajstić information content (AvgIpc) is 2.92. The molecule has 0 aliphatic heterocycles. The molecule has 1 heterocycles. The Morgan fingerprint density at radius 3 is 2.22 bits per heavy atom. The van der Waals surface area contributed by atoms with E-state index in [9.17, 15) is 9.59 Å². The molecule has 2 aromatic carbocycles. The number of benzene rings is 2. The van der Waals surface area contributed by atoms with Crippen LogP contribution in [0.15, 0.2) is 48.5 Å². The highest BCUT2D eigenvalue weighted by Crippen LogP contribution is 2.19. The predicted molar refractivity (Wildman–Crippen MR) is 91.7 cm³/mol. The molecule has 0 saturated carbocycles. The van der Waals surface area contributed by atoms with Gasteiger partial charge in [0.2, 0.25) is 5.91 Å². The maximum atomic E-state index is 12.3. The number of rotatable bonds is 3. The summed E-state index contributed by atoms with van der Waals surface area (Å²) in [5, 5.41) is 6.52. The zero-order valence-corrected chi connectivity index (χ0v) is 12.9. The third-order valence-corrected chi connectivity index (χ3v) is 3.48. The van der Waals surface area contributed by atoms with E-state index in [0.29, 0.717) is 17.1 Å². The van der Waals surface area contributed by atoms with Crippen molar-refractivity contribution in [2.45, 2.75) is 13.8 Å². The summed E-state index contributed by atoms with van der Waals surface area (Å²) in [5.74, 6) is -0.332. The second-order valence-corrected chi connectivity index (χ2v) is 5.49. The van der Waals surface area contributed by atoms with Crippen LogP contribution in [-0.4, -0.2) is 16.8 Å². The third-order valence-electron chi connectivity index (χ3n) is 3.48. The molecule has 0 fully saturated rings. The van der Waals surface area contributed by atoms with Gasteiger partial charge in [0.25, 0.3) is 5.91 Å². The summed E-state index contributed by atoms with van der Waals surface area (Å²) >= 11 is 0. The Labute approximate surface area is 133 Å². The van der Waals surface area contributed by atoms with Crippen LogP contribution < -0.4 is 10.6 Å². The number of nitrogens with one attached hydrogen (secondary N) is 3. The molecule has 23 heavy (non-hydrogen) atoms. The number of amides is 2. The van der Waals surface area contributed by atoms with Gasteiger partial charge in [-0.1, -0.05) is 11.6 Å².